The Morgan fingerprint density at radius 3 is 2.63 bits per heavy atom. The number of halogens is 1. The molecule has 0 bridgehead atoms. The smallest absolute Gasteiger partial charge is 0.321 e. The fourth-order valence-corrected chi connectivity index (χ4v) is 4.08. The Morgan fingerprint density at radius 1 is 1.47 bits per heavy atom. The van der Waals surface area contributed by atoms with Crippen molar-refractivity contribution in [1.29, 1.82) is 0 Å². The number of carboxylic acids is 1. The number of nitrogens with one attached hydrogen (secondary N) is 1. The third kappa shape index (κ3) is 4.79. The van der Waals surface area contributed by atoms with Gasteiger partial charge in [-0.25, -0.2) is 8.42 Å². The maximum Gasteiger partial charge on any atom is 0.321 e. The Morgan fingerprint density at radius 2 is 2.11 bits per heavy atom. The van der Waals surface area contributed by atoms with Crippen LogP contribution < -0.4 is 4.72 Å². The third-order valence-corrected chi connectivity index (χ3v) is 5.46. The van der Waals surface area contributed by atoms with Gasteiger partial charge in [0.25, 0.3) is 0 Å². The molecule has 0 saturated heterocycles. The highest BCUT2D eigenvalue weighted by Gasteiger charge is 2.26. The van der Waals surface area contributed by atoms with Crippen LogP contribution in [-0.2, 0) is 14.8 Å². The van der Waals surface area contributed by atoms with E-state index in [4.69, 9.17) is 5.11 Å². The van der Waals surface area contributed by atoms with E-state index in [1.807, 2.05) is 6.26 Å². The van der Waals surface area contributed by atoms with E-state index < -0.39 is 22.0 Å². The molecule has 0 fully saturated rings. The molecule has 0 aliphatic rings. The van der Waals surface area contributed by atoms with Gasteiger partial charge in [-0.1, -0.05) is 12.1 Å². The molecule has 19 heavy (non-hydrogen) atoms. The minimum atomic E-state index is -3.85. The fourth-order valence-electron chi connectivity index (χ4n) is 1.38. The first kappa shape index (κ1) is 16.5. The highest BCUT2D eigenvalue weighted by atomic mass is 79.9. The molecule has 1 aromatic carbocycles. The maximum atomic E-state index is 12.1. The summed E-state index contributed by atoms with van der Waals surface area (Å²) in [6.07, 6.45) is 2.07. The molecule has 0 saturated carbocycles. The van der Waals surface area contributed by atoms with Gasteiger partial charge in [-0.2, -0.15) is 16.5 Å². The Bertz CT molecular complexity index is 547. The van der Waals surface area contributed by atoms with E-state index in [1.165, 1.54) is 17.8 Å². The van der Waals surface area contributed by atoms with Crippen LogP contribution in [0.2, 0.25) is 0 Å². The van der Waals surface area contributed by atoms with Gasteiger partial charge >= 0.3 is 5.97 Å². The summed E-state index contributed by atoms with van der Waals surface area (Å²) in [6.45, 7) is 0. The summed E-state index contributed by atoms with van der Waals surface area (Å²) < 4.78 is 26.9. The van der Waals surface area contributed by atoms with Crippen LogP contribution in [0.4, 0.5) is 0 Å². The first-order valence-corrected chi connectivity index (χ1v) is 9.04. The molecular formula is C11H14BrNO4S2. The molecule has 8 heteroatoms. The molecule has 0 spiro atoms. The molecule has 1 aromatic rings. The van der Waals surface area contributed by atoms with Gasteiger partial charge in [0.2, 0.25) is 10.0 Å². The number of thioether (sulfide) groups is 1. The van der Waals surface area contributed by atoms with Crippen LogP contribution in [0, 0.1) is 0 Å². The quantitative estimate of drug-likeness (QED) is 0.769. The van der Waals surface area contributed by atoms with Crippen molar-refractivity contribution < 1.29 is 18.3 Å². The standard InChI is InChI=1S/C11H14BrNO4S2/c1-18-7-6-9(11(14)15)13-19(16,17)10-5-3-2-4-8(10)12/h2-5,9,13H,6-7H2,1H3,(H,14,15)/t9-/m0/s1. The van der Waals surface area contributed by atoms with Crippen LogP contribution in [0.1, 0.15) is 6.42 Å². The molecule has 0 radical (unpaired) electrons. The molecular weight excluding hydrogens is 354 g/mol. The average Bonchev–Trinajstić information content (AvgIpc) is 2.34. The normalized spacial score (nSPS) is 13.2. The lowest BCUT2D eigenvalue weighted by atomic mass is 10.2. The Kier molecular flexibility index (Phi) is 6.31. The second-order valence-corrected chi connectivity index (χ2v) is 7.25. The van der Waals surface area contributed by atoms with Gasteiger partial charge in [0.05, 0.1) is 4.90 Å². The Hall–Kier alpha value is -0.570. The predicted molar refractivity (Wildman–Crippen MR) is 78.9 cm³/mol. The summed E-state index contributed by atoms with van der Waals surface area (Å²) in [5, 5.41) is 9.03. The molecule has 0 unspecified atom stereocenters. The van der Waals surface area contributed by atoms with E-state index in [0.717, 1.165) is 0 Å². The Balaban J connectivity index is 2.95. The summed E-state index contributed by atoms with van der Waals surface area (Å²) >= 11 is 4.61. The molecule has 0 aliphatic heterocycles. The van der Waals surface area contributed by atoms with Crippen molar-refractivity contribution in [3.05, 3.63) is 28.7 Å². The Labute approximate surface area is 125 Å². The maximum absolute atomic E-state index is 12.1. The highest BCUT2D eigenvalue weighted by molar-refractivity contribution is 9.10. The van der Waals surface area contributed by atoms with Crippen LogP contribution in [0.5, 0.6) is 0 Å². The summed E-state index contributed by atoms with van der Waals surface area (Å²) in [6, 6.07) is 5.15. The van der Waals surface area contributed by atoms with E-state index in [-0.39, 0.29) is 11.3 Å². The fraction of sp³-hybridized carbons (Fsp3) is 0.364. The molecule has 0 heterocycles. The number of hydrogen-bond acceptors (Lipinski definition) is 4. The number of carboxylic acid groups (broad SMARTS) is 1. The second-order valence-electron chi connectivity index (χ2n) is 3.72. The first-order chi connectivity index (χ1) is 8.88. The molecule has 2 N–H and O–H groups in total. The summed E-state index contributed by atoms with van der Waals surface area (Å²) in [5.74, 6) is -0.611. The molecule has 1 atom stereocenters. The van der Waals surface area contributed by atoms with Crippen molar-refractivity contribution in [2.45, 2.75) is 17.4 Å². The van der Waals surface area contributed by atoms with Crippen molar-refractivity contribution >= 4 is 43.7 Å². The van der Waals surface area contributed by atoms with Gasteiger partial charge in [-0.3, -0.25) is 4.79 Å². The molecule has 5 nitrogen and oxygen atoms in total. The number of hydrogen-bond donors (Lipinski definition) is 2. The van der Waals surface area contributed by atoms with Gasteiger partial charge in [-0.15, -0.1) is 0 Å². The van der Waals surface area contributed by atoms with Crippen LogP contribution in [-0.4, -0.2) is 37.5 Å². The van der Waals surface area contributed by atoms with Gasteiger partial charge in [-0.05, 0) is 46.5 Å². The zero-order chi connectivity index (χ0) is 14.5. The number of benzene rings is 1. The van der Waals surface area contributed by atoms with Crippen molar-refractivity contribution in [3.63, 3.8) is 0 Å². The predicted octanol–water partition coefficient (Wildman–Crippen LogP) is 1.93. The lowest BCUT2D eigenvalue weighted by Crippen LogP contribution is -2.41. The number of carbonyl (C=O) groups is 1. The van der Waals surface area contributed by atoms with E-state index >= 15 is 0 Å². The average molecular weight is 368 g/mol. The monoisotopic (exact) mass is 367 g/mol. The topological polar surface area (TPSA) is 83.5 Å². The van der Waals surface area contributed by atoms with Crippen LogP contribution >= 0.6 is 27.7 Å². The number of rotatable bonds is 7. The zero-order valence-electron chi connectivity index (χ0n) is 10.2. The first-order valence-electron chi connectivity index (χ1n) is 5.37. The highest BCUT2D eigenvalue weighted by Crippen LogP contribution is 2.21. The van der Waals surface area contributed by atoms with E-state index in [0.29, 0.717) is 10.2 Å². The van der Waals surface area contributed by atoms with Crippen molar-refractivity contribution in [3.8, 4) is 0 Å². The summed E-state index contributed by atoms with van der Waals surface area (Å²) in [5.41, 5.74) is 0. The number of aliphatic carboxylic acids is 1. The van der Waals surface area contributed by atoms with Gasteiger partial charge < -0.3 is 5.11 Å². The minimum absolute atomic E-state index is 0.0328. The van der Waals surface area contributed by atoms with Crippen molar-refractivity contribution in [1.82, 2.24) is 4.72 Å². The largest absolute Gasteiger partial charge is 0.480 e. The second kappa shape index (κ2) is 7.28. The minimum Gasteiger partial charge on any atom is -0.480 e. The summed E-state index contributed by atoms with van der Waals surface area (Å²) in [7, 11) is -3.85. The SMILES string of the molecule is CSCC[C@H](NS(=O)(=O)c1ccccc1Br)C(=O)O. The molecule has 0 aromatic heterocycles. The van der Waals surface area contributed by atoms with Crippen molar-refractivity contribution in [2.24, 2.45) is 0 Å². The zero-order valence-corrected chi connectivity index (χ0v) is 13.4. The molecule has 106 valence electrons. The third-order valence-electron chi connectivity index (χ3n) is 2.33. The van der Waals surface area contributed by atoms with Gasteiger partial charge in [0.15, 0.2) is 0 Å². The van der Waals surface area contributed by atoms with E-state index in [1.54, 1.807) is 18.2 Å². The number of sulfonamides is 1. The summed E-state index contributed by atoms with van der Waals surface area (Å²) in [4.78, 5) is 11.1. The van der Waals surface area contributed by atoms with Crippen LogP contribution in [0.3, 0.4) is 0 Å². The van der Waals surface area contributed by atoms with Crippen LogP contribution in [0.25, 0.3) is 0 Å². The lowest BCUT2D eigenvalue weighted by molar-refractivity contribution is -0.139. The van der Waals surface area contributed by atoms with Gasteiger partial charge in [0.1, 0.15) is 6.04 Å². The molecule has 0 amide bonds. The molecule has 0 aliphatic carbocycles. The van der Waals surface area contributed by atoms with Crippen molar-refractivity contribution in [2.75, 3.05) is 12.0 Å². The van der Waals surface area contributed by atoms with E-state index in [2.05, 4.69) is 20.7 Å². The molecule has 1 rings (SSSR count). The lowest BCUT2D eigenvalue weighted by Gasteiger charge is -2.15. The van der Waals surface area contributed by atoms with Gasteiger partial charge in [0, 0.05) is 4.47 Å². The van der Waals surface area contributed by atoms with E-state index in [9.17, 15) is 13.2 Å². The van der Waals surface area contributed by atoms with Crippen LogP contribution in [0.15, 0.2) is 33.6 Å².